The Kier molecular flexibility index (Phi) is 4.86. The monoisotopic (exact) mass is 449 g/mol. The first kappa shape index (κ1) is 21.8. The van der Waals surface area contributed by atoms with E-state index >= 15 is 0 Å². The highest BCUT2D eigenvalue weighted by atomic mass is 16.7. The minimum absolute atomic E-state index is 0.00699. The zero-order valence-electron chi connectivity index (χ0n) is 19.7. The molecule has 2 N–H and O–H groups in total. The highest BCUT2D eigenvalue weighted by Gasteiger charge is 2.68. The van der Waals surface area contributed by atoms with E-state index in [1.54, 1.807) is 0 Å². The van der Waals surface area contributed by atoms with Crippen molar-refractivity contribution in [2.24, 2.45) is 45.6 Å². The molecule has 32 heavy (non-hydrogen) atoms. The lowest BCUT2D eigenvalue weighted by Crippen LogP contribution is -2.64. The molecule has 0 aromatic heterocycles. The summed E-state index contributed by atoms with van der Waals surface area (Å²) in [5, 5.41) is 25.7. The van der Waals surface area contributed by atoms with Gasteiger partial charge in [0.2, 0.25) is 0 Å². The molecule has 2 aliphatic heterocycles. The van der Waals surface area contributed by atoms with Crippen molar-refractivity contribution in [2.75, 3.05) is 26.4 Å². The number of fused-ring (bicyclic) bond motifs is 5. The van der Waals surface area contributed by atoms with Gasteiger partial charge >= 0.3 is 0 Å². The SMILES string of the molecule is CC1([C@@H]2CC[C@H]3[C@@H]4CC[C@@H]5CC6(C/C(=N/O)[C@]5(C)[C@@H]4[C@H](O)C[C@]32C)OCCO6)OCCO1. The molecule has 1 spiro atoms. The van der Waals surface area contributed by atoms with E-state index in [1.807, 2.05) is 0 Å². The first-order valence-corrected chi connectivity index (χ1v) is 12.7. The molecular weight excluding hydrogens is 410 g/mol. The van der Waals surface area contributed by atoms with Gasteiger partial charge in [0.25, 0.3) is 0 Å². The van der Waals surface area contributed by atoms with Crippen LogP contribution in [0.2, 0.25) is 0 Å². The predicted octanol–water partition coefficient (Wildman–Crippen LogP) is 3.56. The minimum atomic E-state index is -0.642. The number of oxime groups is 1. The molecule has 0 radical (unpaired) electrons. The molecule has 7 heteroatoms. The third kappa shape index (κ3) is 2.75. The molecular formula is C25H39NO6. The van der Waals surface area contributed by atoms with Crippen LogP contribution in [0, 0.1) is 40.4 Å². The standard InChI is InChI=1S/C25H39NO6/c1-22-13-18(27)21-16(17(22)6-7-19(22)24(3)29-8-9-30-24)5-4-15-12-25(31-10-11-32-25)14-20(26-28)23(15,21)2/h15-19,21,27-28H,4-14H2,1-3H3/b26-20-/t15-,16+,17+,18-,19-,21+,22-,23-/m1/s1. The van der Waals surface area contributed by atoms with Crippen molar-refractivity contribution < 1.29 is 29.3 Å². The summed E-state index contributed by atoms with van der Waals surface area (Å²) in [5.41, 5.74) is 0.422. The van der Waals surface area contributed by atoms with Crippen LogP contribution in [0.25, 0.3) is 0 Å². The Hall–Kier alpha value is -0.730. The van der Waals surface area contributed by atoms with Gasteiger partial charge in [0.15, 0.2) is 11.6 Å². The molecule has 7 nitrogen and oxygen atoms in total. The largest absolute Gasteiger partial charge is 0.411 e. The fourth-order valence-electron chi connectivity index (χ4n) is 9.65. The smallest absolute Gasteiger partial charge is 0.174 e. The van der Waals surface area contributed by atoms with Crippen molar-refractivity contribution in [3.8, 4) is 0 Å². The molecule has 0 aromatic carbocycles. The lowest BCUT2D eigenvalue weighted by molar-refractivity contribution is -0.233. The quantitative estimate of drug-likeness (QED) is 0.470. The number of rotatable bonds is 1. The zero-order valence-corrected chi connectivity index (χ0v) is 19.7. The normalized spacial score (nSPS) is 52.7. The van der Waals surface area contributed by atoms with E-state index in [4.69, 9.17) is 18.9 Å². The van der Waals surface area contributed by atoms with Crippen molar-refractivity contribution in [3.63, 3.8) is 0 Å². The van der Waals surface area contributed by atoms with Crippen LogP contribution >= 0.6 is 0 Å². The lowest BCUT2D eigenvalue weighted by atomic mass is 9.43. The van der Waals surface area contributed by atoms with Crippen LogP contribution < -0.4 is 0 Å². The minimum Gasteiger partial charge on any atom is -0.411 e. The Bertz CT molecular complexity index is 789. The van der Waals surface area contributed by atoms with Gasteiger partial charge in [0.1, 0.15) is 0 Å². The summed E-state index contributed by atoms with van der Waals surface area (Å²) in [4.78, 5) is 0. The van der Waals surface area contributed by atoms with E-state index in [9.17, 15) is 10.3 Å². The molecule has 6 fully saturated rings. The zero-order chi connectivity index (χ0) is 22.4. The Morgan fingerprint density at radius 2 is 1.56 bits per heavy atom. The van der Waals surface area contributed by atoms with Gasteiger partial charge in [-0.05, 0) is 68.1 Å². The average molecular weight is 450 g/mol. The third-order valence-corrected chi connectivity index (χ3v) is 10.9. The fourth-order valence-corrected chi connectivity index (χ4v) is 9.65. The molecule has 0 amide bonds. The van der Waals surface area contributed by atoms with Crippen LogP contribution in [-0.4, -0.2) is 60.1 Å². The summed E-state index contributed by atoms with van der Waals surface area (Å²) in [6, 6.07) is 0. The lowest BCUT2D eigenvalue weighted by Gasteiger charge is -2.63. The van der Waals surface area contributed by atoms with Gasteiger partial charge < -0.3 is 29.3 Å². The summed E-state index contributed by atoms with van der Waals surface area (Å²) < 4.78 is 24.3. The molecule has 0 bridgehead atoms. The van der Waals surface area contributed by atoms with Crippen LogP contribution in [0.4, 0.5) is 0 Å². The van der Waals surface area contributed by atoms with Crippen molar-refractivity contribution in [3.05, 3.63) is 0 Å². The number of hydrogen-bond acceptors (Lipinski definition) is 7. The maximum absolute atomic E-state index is 11.8. The van der Waals surface area contributed by atoms with E-state index in [0.717, 1.165) is 44.2 Å². The molecule has 8 atom stereocenters. The van der Waals surface area contributed by atoms with Crippen LogP contribution in [0.3, 0.4) is 0 Å². The number of aliphatic hydroxyl groups excluding tert-OH is 1. The summed E-state index contributed by atoms with van der Waals surface area (Å²) in [6.45, 7) is 9.23. The summed E-state index contributed by atoms with van der Waals surface area (Å²) in [7, 11) is 0. The van der Waals surface area contributed by atoms with Crippen molar-refractivity contribution in [1.29, 1.82) is 0 Å². The Balaban J connectivity index is 1.34. The van der Waals surface area contributed by atoms with Gasteiger partial charge in [-0.2, -0.15) is 0 Å². The van der Waals surface area contributed by atoms with Gasteiger partial charge in [-0.1, -0.05) is 19.0 Å². The second-order valence-electron chi connectivity index (χ2n) is 12.0. The summed E-state index contributed by atoms with van der Waals surface area (Å²) >= 11 is 0. The second-order valence-corrected chi connectivity index (χ2v) is 12.0. The van der Waals surface area contributed by atoms with E-state index in [2.05, 4.69) is 25.9 Å². The van der Waals surface area contributed by atoms with Gasteiger partial charge in [-0.3, -0.25) is 0 Å². The van der Waals surface area contributed by atoms with Crippen molar-refractivity contribution >= 4 is 5.71 Å². The van der Waals surface area contributed by atoms with Gasteiger partial charge in [0.05, 0.1) is 38.2 Å². The Morgan fingerprint density at radius 3 is 2.25 bits per heavy atom. The van der Waals surface area contributed by atoms with Crippen molar-refractivity contribution in [1.82, 2.24) is 0 Å². The maximum Gasteiger partial charge on any atom is 0.174 e. The summed E-state index contributed by atoms with van der Waals surface area (Å²) in [6.07, 6.45) is 6.03. The van der Waals surface area contributed by atoms with E-state index < -0.39 is 17.7 Å². The molecule has 0 aromatic rings. The Labute approximate surface area is 190 Å². The number of ether oxygens (including phenoxy) is 4. The van der Waals surface area contributed by atoms with E-state index in [1.165, 1.54) is 0 Å². The van der Waals surface area contributed by atoms with E-state index in [-0.39, 0.29) is 22.7 Å². The van der Waals surface area contributed by atoms with E-state index in [0.29, 0.717) is 50.6 Å². The van der Waals surface area contributed by atoms with Crippen molar-refractivity contribution in [2.45, 2.75) is 83.4 Å². The molecule has 6 rings (SSSR count). The highest BCUT2D eigenvalue weighted by Crippen LogP contribution is 2.69. The Morgan fingerprint density at radius 1 is 0.875 bits per heavy atom. The van der Waals surface area contributed by atoms with Crippen LogP contribution in [-0.2, 0) is 18.9 Å². The fraction of sp³-hybridized carbons (Fsp3) is 0.960. The summed E-state index contributed by atoms with van der Waals surface area (Å²) in [5.74, 6) is 0.441. The molecule has 2 saturated heterocycles. The molecule has 4 saturated carbocycles. The van der Waals surface area contributed by atoms with Gasteiger partial charge in [0, 0.05) is 24.2 Å². The van der Waals surface area contributed by atoms with Crippen LogP contribution in [0.15, 0.2) is 5.16 Å². The predicted molar refractivity (Wildman–Crippen MR) is 116 cm³/mol. The molecule has 6 aliphatic rings. The molecule has 0 unspecified atom stereocenters. The first-order valence-electron chi connectivity index (χ1n) is 12.7. The van der Waals surface area contributed by atoms with Gasteiger partial charge in [-0.15, -0.1) is 0 Å². The van der Waals surface area contributed by atoms with Gasteiger partial charge in [-0.25, -0.2) is 0 Å². The third-order valence-electron chi connectivity index (χ3n) is 10.9. The maximum atomic E-state index is 11.8. The second kappa shape index (κ2) is 7.14. The molecule has 4 aliphatic carbocycles. The average Bonchev–Trinajstić information content (AvgIpc) is 3.47. The molecule has 180 valence electrons. The first-order chi connectivity index (χ1) is 15.3. The van der Waals surface area contributed by atoms with Crippen LogP contribution in [0.1, 0.15) is 65.7 Å². The molecule has 2 heterocycles. The number of nitrogens with zero attached hydrogens (tertiary/aromatic N) is 1. The number of aliphatic hydroxyl groups is 1. The van der Waals surface area contributed by atoms with Crippen LogP contribution in [0.5, 0.6) is 0 Å². The topological polar surface area (TPSA) is 89.7 Å². The highest BCUT2D eigenvalue weighted by molar-refractivity contribution is 5.92. The number of hydrogen-bond donors (Lipinski definition) is 2.